The molecule has 0 aliphatic rings. The second-order valence-corrected chi connectivity index (χ2v) is 8.32. The molecule has 0 fully saturated rings. The minimum atomic E-state index is -3.45. The van der Waals surface area contributed by atoms with Crippen LogP contribution in [0, 0.1) is 11.3 Å². The van der Waals surface area contributed by atoms with Crippen LogP contribution in [0.25, 0.3) is 0 Å². The van der Waals surface area contributed by atoms with Crippen LogP contribution < -0.4 is 0 Å². The van der Waals surface area contributed by atoms with Gasteiger partial charge in [0.2, 0.25) is 13.8 Å². The fourth-order valence-electron chi connectivity index (χ4n) is 0.571. The molecule has 9 heteroatoms. The molecule has 0 aromatic heterocycles. The van der Waals surface area contributed by atoms with E-state index in [2.05, 4.69) is 0 Å². The zero-order chi connectivity index (χ0) is 12.1. The molecule has 0 rings (SSSR count). The van der Waals surface area contributed by atoms with Crippen LogP contribution in [0.4, 0.5) is 0 Å². The number of rotatable bonds is 5. The number of hydrogen-bond donors (Lipinski definition) is 0. The van der Waals surface area contributed by atoms with Crippen LogP contribution in [0.5, 0.6) is 0 Å². The SMILES string of the molecule is CCS(=O)(=O)N(CC#N)SCC(Cl)(Cl)Cl. The standard InChI is InChI=1S/C6H9Cl3N2O2S2/c1-2-15(12,13)11(4-3-10)14-5-6(7,8)9/h2,4-5H2,1H3. The third kappa shape index (κ3) is 6.72. The number of nitrogens with zero attached hydrogens (tertiary/aromatic N) is 2. The normalized spacial score (nSPS) is 12.8. The average Bonchev–Trinajstić information content (AvgIpc) is 2.10. The summed E-state index contributed by atoms with van der Waals surface area (Å²) in [5.74, 6) is -0.125. The van der Waals surface area contributed by atoms with E-state index >= 15 is 0 Å². The van der Waals surface area contributed by atoms with Crippen molar-refractivity contribution in [3.05, 3.63) is 0 Å². The zero-order valence-corrected chi connectivity index (χ0v) is 11.7. The van der Waals surface area contributed by atoms with Gasteiger partial charge in [0.1, 0.15) is 6.54 Å². The van der Waals surface area contributed by atoms with Gasteiger partial charge in [-0.3, -0.25) is 0 Å². The molecule has 0 unspecified atom stereocenters. The van der Waals surface area contributed by atoms with Crippen LogP contribution in [0.1, 0.15) is 6.92 Å². The van der Waals surface area contributed by atoms with E-state index in [1.165, 1.54) is 6.92 Å². The molecule has 0 heterocycles. The molecule has 0 amide bonds. The highest BCUT2D eigenvalue weighted by molar-refractivity contribution is 8.08. The summed E-state index contributed by atoms with van der Waals surface area (Å²) in [5.41, 5.74) is 0. The summed E-state index contributed by atoms with van der Waals surface area (Å²) in [6, 6.07) is 1.74. The van der Waals surface area contributed by atoms with Crippen molar-refractivity contribution in [1.29, 1.82) is 5.26 Å². The fraction of sp³-hybridized carbons (Fsp3) is 0.833. The first-order valence-corrected chi connectivity index (χ1v) is 7.48. The third-order valence-corrected chi connectivity index (χ3v) is 5.58. The first-order chi connectivity index (χ1) is 6.73. The van der Waals surface area contributed by atoms with Gasteiger partial charge in [-0.1, -0.05) is 46.8 Å². The average molecular weight is 312 g/mol. The highest BCUT2D eigenvalue weighted by Gasteiger charge is 2.26. The topological polar surface area (TPSA) is 61.2 Å². The summed E-state index contributed by atoms with van der Waals surface area (Å²) in [6.45, 7) is 1.22. The highest BCUT2D eigenvalue weighted by atomic mass is 35.6. The molecule has 0 atom stereocenters. The molecule has 0 radical (unpaired) electrons. The van der Waals surface area contributed by atoms with Gasteiger partial charge in [0.15, 0.2) is 0 Å². The molecule has 0 aliphatic carbocycles. The number of alkyl halides is 3. The van der Waals surface area contributed by atoms with Crippen LogP contribution in [0.2, 0.25) is 0 Å². The molecule has 0 aromatic carbocycles. The van der Waals surface area contributed by atoms with E-state index in [9.17, 15) is 8.42 Å². The van der Waals surface area contributed by atoms with Gasteiger partial charge in [-0.25, -0.2) is 8.42 Å². The minimum absolute atomic E-state index is 0.0292. The maximum Gasteiger partial charge on any atom is 0.224 e. The number of nitriles is 1. The van der Waals surface area contributed by atoms with Crippen LogP contribution in [0.3, 0.4) is 0 Å². The number of hydrogen-bond acceptors (Lipinski definition) is 4. The van der Waals surface area contributed by atoms with Gasteiger partial charge in [-0.2, -0.15) is 5.26 Å². The van der Waals surface area contributed by atoms with Crippen LogP contribution in [-0.2, 0) is 10.0 Å². The van der Waals surface area contributed by atoms with E-state index in [-0.39, 0.29) is 18.1 Å². The van der Waals surface area contributed by atoms with E-state index in [4.69, 9.17) is 40.1 Å². The van der Waals surface area contributed by atoms with Gasteiger partial charge in [-0.15, -0.1) is 3.71 Å². The van der Waals surface area contributed by atoms with Gasteiger partial charge < -0.3 is 0 Å². The maximum atomic E-state index is 11.4. The van der Waals surface area contributed by atoms with Crippen molar-refractivity contribution < 1.29 is 8.42 Å². The highest BCUT2D eigenvalue weighted by Crippen LogP contribution is 2.32. The molecule has 0 aromatic rings. The Bertz CT molecular complexity index is 333. The predicted octanol–water partition coefficient (Wildman–Crippen LogP) is 2.18. The van der Waals surface area contributed by atoms with E-state index in [0.717, 1.165) is 15.7 Å². The second-order valence-electron chi connectivity index (χ2n) is 2.41. The van der Waals surface area contributed by atoms with Crippen molar-refractivity contribution in [3.63, 3.8) is 0 Å². The van der Waals surface area contributed by atoms with Crippen LogP contribution >= 0.6 is 46.8 Å². The van der Waals surface area contributed by atoms with Gasteiger partial charge in [0.05, 0.1) is 17.6 Å². The first kappa shape index (κ1) is 15.6. The summed E-state index contributed by atoms with van der Waals surface area (Å²) in [5, 5.41) is 8.46. The molecular weight excluding hydrogens is 303 g/mol. The summed E-state index contributed by atoms with van der Waals surface area (Å²) in [4.78, 5) is 0. The van der Waals surface area contributed by atoms with Gasteiger partial charge in [-0.05, 0) is 6.92 Å². The molecule has 0 spiro atoms. The van der Waals surface area contributed by atoms with E-state index < -0.39 is 13.8 Å². The Labute approximate surface area is 109 Å². The summed E-state index contributed by atoms with van der Waals surface area (Å²) < 4.78 is 22.2. The summed E-state index contributed by atoms with van der Waals surface area (Å²) in [6.07, 6.45) is 0. The molecule has 0 N–H and O–H groups in total. The molecule has 0 saturated heterocycles. The Morgan fingerprint density at radius 3 is 2.33 bits per heavy atom. The fourth-order valence-corrected chi connectivity index (χ4v) is 3.11. The number of halogens is 3. The van der Waals surface area contributed by atoms with Gasteiger partial charge >= 0.3 is 0 Å². The van der Waals surface area contributed by atoms with Gasteiger partial charge in [0.25, 0.3) is 0 Å². The monoisotopic (exact) mass is 310 g/mol. The Morgan fingerprint density at radius 2 is 2.00 bits per heavy atom. The van der Waals surface area contributed by atoms with Crippen LogP contribution in [-0.4, -0.2) is 34.0 Å². The Morgan fingerprint density at radius 1 is 1.47 bits per heavy atom. The zero-order valence-electron chi connectivity index (χ0n) is 7.78. The van der Waals surface area contributed by atoms with Crippen molar-refractivity contribution in [1.82, 2.24) is 3.71 Å². The Hall–Kier alpha value is 0.620. The molecule has 15 heavy (non-hydrogen) atoms. The minimum Gasteiger partial charge on any atom is -0.211 e. The van der Waals surface area contributed by atoms with Gasteiger partial charge in [0, 0.05) is 0 Å². The van der Waals surface area contributed by atoms with Crippen molar-refractivity contribution in [2.75, 3.05) is 18.1 Å². The quantitative estimate of drug-likeness (QED) is 0.443. The summed E-state index contributed by atoms with van der Waals surface area (Å²) in [7, 11) is -3.45. The lowest BCUT2D eigenvalue weighted by atomic mass is 10.8. The van der Waals surface area contributed by atoms with Crippen molar-refractivity contribution in [3.8, 4) is 6.07 Å². The van der Waals surface area contributed by atoms with E-state index in [0.29, 0.717) is 0 Å². The largest absolute Gasteiger partial charge is 0.224 e. The predicted molar refractivity (Wildman–Crippen MR) is 64.5 cm³/mol. The Kier molecular flexibility index (Phi) is 6.64. The lowest BCUT2D eigenvalue weighted by Gasteiger charge is -2.19. The molecule has 4 nitrogen and oxygen atoms in total. The maximum absolute atomic E-state index is 11.4. The molecule has 88 valence electrons. The molecular formula is C6H9Cl3N2O2S2. The lowest BCUT2D eigenvalue weighted by Crippen LogP contribution is -2.28. The molecule has 0 bridgehead atoms. The number of sulfonamides is 1. The molecule has 0 saturated carbocycles. The van der Waals surface area contributed by atoms with E-state index in [1.807, 2.05) is 0 Å². The smallest absolute Gasteiger partial charge is 0.211 e. The second kappa shape index (κ2) is 6.38. The lowest BCUT2D eigenvalue weighted by molar-refractivity contribution is 0.558. The first-order valence-electron chi connectivity index (χ1n) is 3.80. The Balaban J connectivity index is 4.51. The molecule has 0 aliphatic heterocycles. The van der Waals surface area contributed by atoms with E-state index in [1.54, 1.807) is 6.07 Å². The summed E-state index contributed by atoms with van der Waals surface area (Å²) >= 11 is 17.2. The van der Waals surface area contributed by atoms with Crippen molar-refractivity contribution >= 4 is 56.8 Å². The van der Waals surface area contributed by atoms with Crippen molar-refractivity contribution in [2.24, 2.45) is 0 Å². The van der Waals surface area contributed by atoms with Crippen LogP contribution in [0.15, 0.2) is 0 Å². The third-order valence-electron chi connectivity index (χ3n) is 1.25. The van der Waals surface area contributed by atoms with Crippen molar-refractivity contribution in [2.45, 2.75) is 10.7 Å².